The van der Waals surface area contributed by atoms with E-state index in [4.69, 9.17) is 4.52 Å². The maximum absolute atomic E-state index is 9.56. The molecule has 1 aliphatic rings. The van der Waals surface area contributed by atoms with Crippen LogP contribution in [0, 0.1) is 18.3 Å². The minimum Gasteiger partial charge on any atom is -0.395 e. The molecule has 3 aromatic rings. The van der Waals surface area contributed by atoms with Gasteiger partial charge in [0.1, 0.15) is 11.9 Å². The summed E-state index contributed by atoms with van der Waals surface area (Å²) in [5, 5.41) is 36.0. The first-order chi connectivity index (χ1) is 16.4. The van der Waals surface area contributed by atoms with Gasteiger partial charge in [0.15, 0.2) is 0 Å². The number of nitriles is 1. The van der Waals surface area contributed by atoms with Crippen molar-refractivity contribution in [3.8, 4) is 28.9 Å². The first-order valence-electron chi connectivity index (χ1n) is 11.5. The topological polar surface area (TPSA) is 131 Å². The Balaban J connectivity index is 1.60. The summed E-state index contributed by atoms with van der Waals surface area (Å²) in [7, 11) is 0. The van der Waals surface area contributed by atoms with Crippen LogP contribution in [0.3, 0.4) is 0 Å². The van der Waals surface area contributed by atoms with E-state index in [2.05, 4.69) is 44.4 Å². The molecular formula is C25H30N6O3. The Morgan fingerprint density at radius 2 is 1.97 bits per heavy atom. The average Bonchev–Trinajstić information content (AvgIpc) is 3.21. The predicted molar refractivity (Wildman–Crippen MR) is 128 cm³/mol. The lowest BCUT2D eigenvalue weighted by Gasteiger charge is -2.27. The van der Waals surface area contributed by atoms with Crippen molar-refractivity contribution in [3.05, 3.63) is 46.6 Å². The van der Waals surface area contributed by atoms with Gasteiger partial charge in [-0.3, -0.25) is 4.90 Å². The van der Waals surface area contributed by atoms with Crippen LogP contribution < -0.4 is 5.32 Å². The van der Waals surface area contributed by atoms with Crippen LogP contribution in [-0.2, 0) is 12.8 Å². The zero-order chi connectivity index (χ0) is 24.2. The molecule has 0 spiro atoms. The molecule has 9 nitrogen and oxygen atoms in total. The maximum Gasteiger partial charge on any atom is 0.259 e. The number of fused-ring (bicyclic) bond motifs is 1. The summed E-state index contributed by atoms with van der Waals surface area (Å²) in [6, 6.07) is 7.91. The van der Waals surface area contributed by atoms with Crippen molar-refractivity contribution in [1.82, 2.24) is 20.0 Å². The zero-order valence-corrected chi connectivity index (χ0v) is 19.7. The van der Waals surface area contributed by atoms with Crippen LogP contribution in [-0.4, -0.2) is 68.6 Å². The molecule has 3 heterocycles. The van der Waals surface area contributed by atoms with Crippen molar-refractivity contribution in [3.63, 3.8) is 0 Å². The molecule has 0 unspecified atom stereocenters. The molecule has 1 aliphatic heterocycles. The van der Waals surface area contributed by atoms with Crippen LogP contribution in [0.2, 0.25) is 0 Å². The van der Waals surface area contributed by atoms with Gasteiger partial charge in [-0.15, -0.1) is 0 Å². The fourth-order valence-corrected chi connectivity index (χ4v) is 4.43. The van der Waals surface area contributed by atoms with Crippen LogP contribution in [0.15, 0.2) is 28.9 Å². The number of anilines is 1. The Kier molecular flexibility index (Phi) is 7.22. The second-order valence-corrected chi connectivity index (χ2v) is 8.88. The number of hydrogen-bond acceptors (Lipinski definition) is 9. The Morgan fingerprint density at radius 1 is 1.21 bits per heavy atom. The second-order valence-electron chi connectivity index (χ2n) is 8.88. The van der Waals surface area contributed by atoms with Gasteiger partial charge in [-0.2, -0.15) is 10.2 Å². The average molecular weight is 463 g/mol. The van der Waals surface area contributed by atoms with Gasteiger partial charge in [0, 0.05) is 30.9 Å². The van der Waals surface area contributed by atoms with Gasteiger partial charge in [0.2, 0.25) is 5.82 Å². The number of aliphatic hydroxyl groups excluding tert-OH is 2. The van der Waals surface area contributed by atoms with Crippen molar-refractivity contribution < 1.29 is 14.7 Å². The molecule has 0 saturated heterocycles. The summed E-state index contributed by atoms with van der Waals surface area (Å²) in [4.78, 5) is 11.1. The first-order valence-corrected chi connectivity index (χ1v) is 11.5. The number of nitrogens with zero attached hydrogens (tertiary/aromatic N) is 5. The summed E-state index contributed by atoms with van der Waals surface area (Å²) >= 11 is 0. The quantitative estimate of drug-likeness (QED) is 0.485. The Bertz CT molecular complexity index is 1200. The predicted octanol–water partition coefficient (Wildman–Crippen LogP) is 2.55. The number of nitrogens with one attached hydrogen (secondary N) is 1. The highest BCUT2D eigenvalue weighted by Crippen LogP contribution is 2.31. The third-order valence-electron chi connectivity index (χ3n) is 6.30. The largest absolute Gasteiger partial charge is 0.395 e. The van der Waals surface area contributed by atoms with Crippen molar-refractivity contribution in [1.29, 1.82) is 5.26 Å². The highest BCUT2D eigenvalue weighted by atomic mass is 16.5. The highest BCUT2D eigenvalue weighted by molar-refractivity contribution is 5.67. The van der Waals surface area contributed by atoms with Gasteiger partial charge in [0.05, 0.1) is 30.4 Å². The van der Waals surface area contributed by atoms with Gasteiger partial charge in [-0.05, 0) is 56.4 Å². The Hall–Kier alpha value is -3.32. The second kappa shape index (κ2) is 10.3. The number of aliphatic hydroxyl groups is 2. The van der Waals surface area contributed by atoms with Gasteiger partial charge in [-0.1, -0.05) is 17.3 Å². The summed E-state index contributed by atoms with van der Waals surface area (Å²) in [6.07, 6.45) is 3.29. The summed E-state index contributed by atoms with van der Waals surface area (Å²) < 4.78 is 5.53. The third kappa shape index (κ3) is 4.80. The zero-order valence-electron chi connectivity index (χ0n) is 19.7. The molecule has 0 fully saturated rings. The highest BCUT2D eigenvalue weighted by Gasteiger charge is 2.23. The Morgan fingerprint density at radius 3 is 2.68 bits per heavy atom. The van der Waals surface area contributed by atoms with E-state index >= 15 is 0 Å². The molecule has 0 saturated carbocycles. The molecule has 3 N–H and O–H groups in total. The SMILES string of the molecule is Cc1c(-c2noc(-c3cnc(NC(C)C)c(C#N)c3)n2)ccc2c1CCN(C(CO)CO)CC2. The van der Waals surface area contributed by atoms with Crippen LogP contribution in [0.1, 0.15) is 36.1 Å². The molecule has 0 radical (unpaired) electrons. The lowest BCUT2D eigenvalue weighted by molar-refractivity contribution is 0.0769. The molecule has 4 rings (SSSR count). The molecule has 0 bridgehead atoms. The van der Waals surface area contributed by atoms with Gasteiger partial charge in [0.25, 0.3) is 5.89 Å². The van der Waals surface area contributed by atoms with Crippen molar-refractivity contribution in [2.45, 2.75) is 45.7 Å². The number of pyridine rings is 1. The molecule has 178 valence electrons. The summed E-state index contributed by atoms with van der Waals surface area (Å²) in [5.74, 6) is 1.33. The summed E-state index contributed by atoms with van der Waals surface area (Å²) in [5.41, 5.74) is 5.52. The fraction of sp³-hybridized carbons (Fsp3) is 0.440. The van der Waals surface area contributed by atoms with Crippen molar-refractivity contribution >= 4 is 5.82 Å². The number of aromatic nitrogens is 3. The van der Waals surface area contributed by atoms with E-state index in [-0.39, 0.29) is 25.3 Å². The monoisotopic (exact) mass is 462 g/mol. The number of hydrogen-bond donors (Lipinski definition) is 3. The summed E-state index contributed by atoms with van der Waals surface area (Å²) in [6.45, 7) is 7.48. The van der Waals surface area contributed by atoms with Crippen LogP contribution >= 0.6 is 0 Å². The number of rotatable bonds is 7. The maximum atomic E-state index is 9.56. The van der Waals surface area contributed by atoms with Gasteiger partial charge < -0.3 is 20.1 Å². The molecule has 0 amide bonds. The van der Waals surface area contributed by atoms with E-state index in [0.717, 1.165) is 37.1 Å². The van der Waals surface area contributed by atoms with E-state index < -0.39 is 0 Å². The van der Waals surface area contributed by atoms with Crippen molar-refractivity contribution in [2.75, 3.05) is 31.6 Å². The van der Waals surface area contributed by atoms with E-state index in [1.807, 2.05) is 19.9 Å². The van der Waals surface area contributed by atoms with E-state index in [0.29, 0.717) is 28.7 Å². The first kappa shape index (κ1) is 23.8. The van der Waals surface area contributed by atoms with E-state index in [1.54, 1.807) is 12.3 Å². The van der Waals surface area contributed by atoms with E-state index in [1.165, 1.54) is 11.1 Å². The molecule has 34 heavy (non-hydrogen) atoms. The Labute approximate surface area is 199 Å². The van der Waals surface area contributed by atoms with Gasteiger partial charge in [-0.25, -0.2) is 4.98 Å². The van der Waals surface area contributed by atoms with E-state index in [9.17, 15) is 15.5 Å². The minimum atomic E-state index is -0.233. The fourth-order valence-electron chi connectivity index (χ4n) is 4.43. The van der Waals surface area contributed by atoms with Crippen LogP contribution in [0.4, 0.5) is 5.82 Å². The van der Waals surface area contributed by atoms with Crippen LogP contribution in [0.25, 0.3) is 22.8 Å². The van der Waals surface area contributed by atoms with Crippen LogP contribution in [0.5, 0.6) is 0 Å². The smallest absolute Gasteiger partial charge is 0.259 e. The normalized spacial score (nSPS) is 14.2. The molecular weight excluding hydrogens is 432 g/mol. The molecule has 9 heteroatoms. The van der Waals surface area contributed by atoms with Gasteiger partial charge >= 0.3 is 0 Å². The molecule has 0 aliphatic carbocycles. The minimum absolute atomic E-state index is 0.0560. The molecule has 0 atom stereocenters. The standard InChI is InChI=1S/C25H30N6O3/c1-15(2)28-23-18(11-26)10-19(12-27-23)25-29-24(30-34-25)22-5-4-17-6-8-31(20(13-32)14-33)9-7-21(17)16(22)3/h4-5,10,12,15,20,32-33H,6-9,13-14H2,1-3H3,(H,27,28). The number of benzene rings is 1. The third-order valence-corrected chi connectivity index (χ3v) is 6.30. The molecule has 1 aromatic carbocycles. The lowest BCUT2D eigenvalue weighted by atomic mass is 9.93. The van der Waals surface area contributed by atoms with Crippen molar-refractivity contribution in [2.24, 2.45) is 0 Å². The molecule has 2 aromatic heterocycles. The lowest BCUT2D eigenvalue weighted by Crippen LogP contribution is -2.42.